The van der Waals surface area contributed by atoms with Gasteiger partial charge in [-0.3, -0.25) is 9.59 Å². The van der Waals surface area contributed by atoms with Crippen LogP contribution >= 0.6 is 11.3 Å². The third-order valence-corrected chi connectivity index (χ3v) is 4.67. The molecule has 1 aromatic carbocycles. The van der Waals surface area contributed by atoms with Crippen molar-refractivity contribution < 1.29 is 18.0 Å². The van der Waals surface area contributed by atoms with Crippen LogP contribution < -0.4 is 10.9 Å². The molecule has 3 rings (SSSR count). The Kier molecular flexibility index (Phi) is 5.59. The van der Waals surface area contributed by atoms with Gasteiger partial charge in [0.15, 0.2) is 5.13 Å². The number of aryl methyl sites for hydroxylation is 1. The zero-order valence-corrected chi connectivity index (χ0v) is 15.5. The summed E-state index contributed by atoms with van der Waals surface area (Å²) in [5.74, 6) is -0.448. The monoisotopic (exact) mass is 408 g/mol. The molecule has 0 fully saturated rings. The molecule has 2 heterocycles. The Bertz CT molecular complexity index is 1040. The number of benzene rings is 1. The second-order valence-electron chi connectivity index (χ2n) is 6.02. The highest BCUT2D eigenvalue weighted by atomic mass is 32.1. The average Bonchev–Trinajstić information content (AvgIpc) is 3.04. The molecular formula is C18H15F3N4O2S. The van der Waals surface area contributed by atoms with Gasteiger partial charge in [-0.25, -0.2) is 9.67 Å². The molecule has 0 aliphatic rings. The molecular weight excluding hydrogens is 393 g/mol. The molecule has 10 heteroatoms. The molecule has 0 aliphatic carbocycles. The molecule has 0 aliphatic heterocycles. The highest BCUT2D eigenvalue weighted by molar-refractivity contribution is 7.15. The number of halogens is 3. The second-order valence-corrected chi connectivity index (χ2v) is 7.14. The largest absolute Gasteiger partial charge is 0.416 e. The van der Waals surface area contributed by atoms with Crippen molar-refractivity contribution in [3.8, 4) is 0 Å². The van der Waals surface area contributed by atoms with Crippen molar-refractivity contribution in [3.63, 3.8) is 0 Å². The zero-order valence-electron chi connectivity index (χ0n) is 14.7. The van der Waals surface area contributed by atoms with Gasteiger partial charge in [-0.05, 0) is 30.7 Å². The predicted octanol–water partition coefficient (Wildman–Crippen LogP) is 3.26. The molecule has 0 spiro atoms. The molecule has 0 saturated carbocycles. The fourth-order valence-corrected chi connectivity index (χ4v) is 3.28. The molecule has 1 N–H and O–H groups in total. The van der Waals surface area contributed by atoms with Crippen molar-refractivity contribution in [1.29, 1.82) is 0 Å². The highest BCUT2D eigenvalue weighted by Gasteiger charge is 2.29. The van der Waals surface area contributed by atoms with E-state index in [0.29, 0.717) is 22.8 Å². The Morgan fingerprint density at radius 1 is 1.18 bits per heavy atom. The topological polar surface area (TPSA) is 76.9 Å². The quantitative estimate of drug-likeness (QED) is 0.703. The summed E-state index contributed by atoms with van der Waals surface area (Å²) in [4.78, 5) is 28.7. The zero-order chi connectivity index (χ0) is 20.3. The minimum absolute atomic E-state index is 0.242. The molecule has 0 atom stereocenters. The van der Waals surface area contributed by atoms with Crippen LogP contribution in [0, 0.1) is 6.92 Å². The van der Waals surface area contributed by atoms with Gasteiger partial charge in [0.1, 0.15) is 6.54 Å². The van der Waals surface area contributed by atoms with E-state index in [9.17, 15) is 22.8 Å². The molecule has 28 heavy (non-hydrogen) atoms. The van der Waals surface area contributed by atoms with Gasteiger partial charge in [0.2, 0.25) is 5.91 Å². The maximum Gasteiger partial charge on any atom is 0.416 e. The van der Waals surface area contributed by atoms with Crippen molar-refractivity contribution in [1.82, 2.24) is 14.8 Å². The van der Waals surface area contributed by atoms with E-state index in [4.69, 9.17) is 0 Å². The number of amides is 1. The van der Waals surface area contributed by atoms with Crippen molar-refractivity contribution in [3.05, 3.63) is 74.6 Å². The van der Waals surface area contributed by atoms with E-state index in [1.54, 1.807) is 19.2 Å². The standard InChI is InChI=1S/C18H15F3N4O2S/c1-11-2-7-16(27)25(24-11)10-15(26)23-17-22-9-14(28-17)8-12-3-5-13(6-4-12)18(19,20)21/h2-7,9H,8,10H2,1H3,(H,22,23,26). The van der Waals surface area contributed by atoms with Crippen molar-refractivity contribution in [2.75, 3.05) is 5.32 Å². The molecule has 6 nitrogen and oxygen atoms in total. The Labute approximate surface area is 161 Å². The fraction of sp³-hybridized carbons (Fsp3) is 0.222. The molecule has 2 aromatic heterocycles. The Morgan fingerprint density at radius 2 is 1.89 bits per heavy atom. The van der Waals surface area contributed by atoms with Gasteiger partial charge in [0, 0.05) is 23.6 Å². The van der Waals surface area contributed by atoms with E-state index < -0.39 is 17.6 Å². The Hall–Kier alpha value is -3.01. The van der Waals surface area contributed by atoms with Crippen molar-refractivity contribution >= 4 is 22.4 Å². The second kappa shape index (κ2) is 7.93. The van der Waals surface area contributed by atoms with Gasteiger partial charge in [-0.1, -0.05) is 12.1 Å². The average molecular weight is 408 g/mol. The van der Waals surface area contributed by atoms with Crippen LogP contribution in [0.3, 0.4) is 0 Å². The molecule has 146 valence electrons. The number of hydrogen-bond acceptors (Lipinski definition) is 5. The third kappa shape index (κ3) is 5.03. The van der Waals surface area contributed by atoms with Gasteiger partial charge >= 0.3 is 6.18 Å². The third-order valence-electron chi connectivity index (χ3n) is 3.75. The number of anilines is 1. The van der Waals surface area contributed by atoms with Crippen LogP contribution in [-0.2, 0) is 23.9 Å². The Morgan fingerprint density at radius 3 is 2.57 bits per heavy atom. The summed E-state index contributed by atoms with van der Waals surface area (Å²) in [6.45, 7) is 1.47. The van der Waals surface area contributed by atoms with E-state index in [2.05, 4.69) is 15.4 Å². The van der Waals surface area contributed by atoms with Gasteiger partial charge in [-0.15, -0.1) is 11.3 Å². The molecule has 1 amide bonds. The van der Waals surface area contributed by atoms with Crippen LogP contribution in [0.1, 0.15) is 21.7 Å². The van der Waals surface area contributed by atoms with Gasteiger partial charge < -0.3 is 5.32 Å². The number of nitrogens with zero attached hydrogens (tertiary/aromatic N) is 3. The highest BCUT2D eigenvalue weighted by Crippen LogP contribution is 2.29. The lowest BCUT2D eigenvalue weighted by molar-refractivity contribution is -0.137. The normalized spacial score (nSPS) is 11.4. The summed E-state index contributed by atoms with van der Waals surface area (Å²) in [5.41, 5.74) is 0.224. The van der Waals surface area contributed by atoms with Crippen LogP contribution in [0.25, 0.3) is 0 Å². The lowest BCUT2D eigenvalue weighted by atomic mass is 10.1. The lowest BCUT2D eigenvalue weighted by Crippen LogP contribution is -2.29. The number of aromatic nitrogens is 3. The minimum Gasteiger partial charge on any atom is -0.300 e. The maximum atomic E-state index is 12.6. The number of thiazole rings is 1. The smallest absolute Gasteiger partial charge is 0.300 e. The minimum atomic E-state index is -4.37. The number of hydrogen-bond donors (Lipinski definition) is 1. The first-order chi connectivity index (χ1) is 13.2. The number of carbonyl (C=O) groups excluding carboxylic acids is 1. The number of carbonyl (C=O) groups is 1. The first-order valence-electron chi connectivity index (χ1n) is 8.16. The molecule has 0 radical (unpaired) electrons. The summed E-state index contributed by atoms with van der Waals surface area (Å²) in [6.07, 6.45) is -2.42. The summed E-state index contributed by atoms with van der Waals surface area (Å²) < 4.78 is 38.9. The van der Waals surface area contributed by atoms with E-state index in [0.717, 1.165) is 21.7 Å². The molecule has 3 aromatic rings. The van der Waals surface area contributed by atoms with E-state index in [1.807, 2.05) is 0 Å². The fourth-order valence-electron chi connectivity index (χ4n) is 2.42. The Balaban J connectivity index is 1.61. The van der Waals surface area contributed by atoms with Crippen LogP contribution in [0.5, 0.6) is 0 Å². The number of nitrogens with one attached hydrogen (secondary N) is 1. The summed E-state index contributed by atoms with van der Waals surface area (Å²) >= 11 is 1.21. The van der Waals surface area contributed by atoms with Crippen LogP contribution in [-0.4, -0.2) is 20.7 Å². The molecule has 0 saturated heterocycles. The van der Waals surface area contributed by atoms with E-state index in [-0.39, 0.29) is 12.1 Å². The maximum absolute atomic E-state index is 12.6. The van der Waals surface area contributed by atoms with Crippen molar-refractivity contribution in [2.45, 2.75) is 26.1 Å². The number of alkyl halides is 3. The van der Waals surface area contributed by atoms with Crippen molar-refractivity contribution in [2.24, 2.45) is 0 Å². The van der Waals surface area contributed by atoms with Gasteiger partial charge in [0.05, 0.1) is 11.3 Å². The lowest BCUT2D eigenvalue weighted by Gasteiger charge is -2.07. The van der Waals surface area contributed by atoms with Gasteiger partial charge in [0.25, 0.3) is 5.56 Å². The van der Waals surface area contributed by atoms with E-state index >= 15 is 0 Å². The first kappa shape index (κ1) is 19.7. The van der Waals surface area contributed by atoms with E-state index in [1.165, 1.54) is 29.5 Å². The molecule has 0 unspecified atom stereocenters. The van der Waals surface area contributed by atoms with Crippen LogP contribution in [0.2, 0.25) is 0 Å². The summed E-state index contributed by atoms with van der Waals surface area (Å²) in [7, 11) is 0. The number of rotatable bonds is 5. The first-order valence-corrected chi connectivity index (χ1v) is 8.98. The SMILES string of the molecule is Cc1ccc(=O)n(CC(=O)Nc2ncc(Cc3ccc(C(F)(F)F)cc3)s2)n1. The summed E-state index contributed by atoms with van der Waals surface area (Å²) in [6, 6.07) is 7.79. The summed E-state index contributed by atoms with van der Waals surface area (Å²) in [5, 5.41) is 6.92. The van der Waals surface area contributed by atoms with Crippen LogP contribution in [0.4, 0.5) is 18.3 Å². The van der Waals surface area contributed by atoms with Crippen LogP contribution in [0.15, 0.2) is 47.4 Å². The molecule has 0 bridgehead atoms. The van der Waals surface area contributed by atoms with Gasteiger partial charge in [-0.2, -0.15) is 18.3 Å². The predicted molar refractivity (Wildman–Crippen MR) is 98.2 cm³/mol.